The molecule has 3 aromatic rings. The van der Waals surface area contributed by atoms with Crippen molar-refractivity contribution in [1.82, 2.24) is 25.4 Å². The molecule has 2 aromatic carbocycles. The number of hydrogen-bond acceptors (Lipinski definition) is 7. The van der Waals surface area contributed by atoms with Crippen LogP contribution in [0.25, 0.3) is 0 Å². The zero-order chi connectivity index (χ0) is 25.2. The Morgan fingerprint density at radius 3 is 2.54 bits per heavy atom. The van der Waals surface area contributed by atoms with Gasteiger partial charge >= 0.3 is 0 Å². The lowest BCUT2D eigenvalue weighted by molar-refractivity contribution is -0.119. The molecule has 1 aromatic heterocycles. The number of methoxy groups -OCH3 is 2. The van der Waals surface area contributed by atoms with Crippen LogP contribution in [0.5, 0.6) is 11.5 Å². The maximum Gasteiger partial charge on any atom is 0.251 e. The highest BCUT2D eigenvalue weighted by atomic mass is 32.2. The molecule has 0 spiro atoms. The Kier molecular flexibility index (Phi) is 9.31. The topological polar surface area (TPSA) is 107 Å². The second-order valence-electron chi connectivity index (χ2n) is 7.54. The molecule has 0 bridgehead atoms. The highest BCUT2D eigenvalue weighted by Crippen LogP contribution is 2.27. The van der Waals surface area contributed by atoms with Gasteiger partial charge in [-0.3, -0.25) is 9.59 Å². The molecule has 184 valence electrons. The average molecular weight is 496 g/mol. The van der Waals surface area contributed by atoms with Crippen LogP contribution in [0.4, 0.5) is 0 Å². The van der Waals surface area contributed by atoms with Gasteiger partial charge in [-0.05, 0) is 30.7 Å². The van der Waals surface area contributed by atoms with Crippen LogP contribution in [0.3, 0.4) is 0 Å². The number of benzene rings is 2. The molecule has 0 aliphatic rings. The lowest BCUT2D eigenvalue weighted by atomic mass is 10.1. The Balaban J connectivity index is 1.60. The number of hydrogen-bond donors (Lipinski definition) is 2. The van der Waals surface area contributed by atoms with Gasteiger partial charge in [0.15, 0.2) is 22.5 Å². The maximum absolute atomic E-state index is 12.7. The molecule has 10 heteroatoms. The first-order valence-electron chi connectivity index (χ1n) is 11.0. The molecule has 0 saturated carbocycles. The molecule has 1 heterocycles. The van der Waals surface area contributed by atoms with Crippen LogP contribution >= 0.6 is 11.8 Å². The van der Waals surface area contributed by atoms with Crippen LogP contribution in [-0.2, 0) is 17.9 Å². The molecule has 1 unspecified atom stereocenters. The molecule has 9 nitrogen and oxygen atoms in total. The van der Waals surface area contributed by atoms with Gasteiger partial charge in [-0.2, -0.15) is 0 Å². The van der Waals surface area contributed by atoms with E-state index in [-0.39, 0.29) is 30.2 Å². The first-order valence-corrected chi connectivity index (χ1v) is 12.0. The maximum atomic E-state index is 12.7. The molecule has 0 fully saturated rings. The molecule has 0 aliphatic heterocycles. The Labute approximate surface area is 208 Å². The van der Waals surface area contributed by atoms with E-state index in [0.29, 0.717) is 34.6 Å². The minimum Gasteiger partial charge on any atom is -0.493 e. The fourth-order valence-electron chi connectivity index (χ4n) is 3.35. The number of amides is 2. The third kappa shape index (κ3) is 6.86. The second kappa shape index (κ2) is 12.6. The van der Waals surface area contributed by atoms with Gasteiger partial charge in [-0.15, -0.1) is 16.8 Å². The summed E-state index contributed by atoms with van der Waals surface area (Å²) in [6, 6.07) is 14.6. The number of aromatic nitrogens is 3. The summed E-state index contributed by atoms with van der Waals surface area (Å²) in [4.78, 5) is 25.1. The van der Waals surface area contributed by atoms with Crippen LogP contribution in [0.15, 0.2) is 66.3 Å². The largest absolute Gasteiger partial charge is 0.493 e. The van der Waals surface area contributed by atoms with E-state index in [1.165, 1.54) is 26.0 Å². The van der Waals surface area contributed by atoms with Crippen LogP contribution < -0.4 is 20.1 Å². The molecule has 0 saturated heterocycles. The summed E-state index contributed by atoms with van der Waals surface area (Å²) < 4.78 is 12.3. The third-order valence-corrected chi connectivity index (χ3v) is 6.13. The van der Waals surface area contributed by atoms with E-state index in [1.807, 2.05) is 41.8 Å². The molecule has 0 aliphatic carbocycles. The van der Waals surface area contributed by atoms with Gasteiger partial charge in [0.1, 0.15) is 0 Å². The average Bonchev–Trinajstić information content (AvgIpc) is 3.27. The van der Waals surface area contributed by atoms with Crippen LogP contribution in [-0.4, -0.2) is 46.6 Å². The summed E-state index contributed by atoms with van der Waals surface area (Å²) in [5, 5.41) is 14.8. The first kappa shape index (κ1) is 25.8. The van der Waals surface area contributed by atoms with E-state index in [4.69, 9.17) is 9.47 Å². The quantitative estimate of drug-likeness (QED) is 0.293. The van der Waals surface area contributed by atoms with Crippen molar-refractivity contribution in [2.45, 2.75) is 31.2 Å². The Bertz CT molecular complexity index is 1170. The standard InChI is InChI=1S/C25H29N5O4S/c1-5-13-30-22(15-26-24(32)19-11-12-20(33-3)21(14-19)34-4)28-29-25(30)35-16-23(31)27-17(2)18-9-7-6-8-10-18/h5-12,14,17H,1,13,15-16H2,2-4H3,(H,26,32)(H,27,31). The minimum atomic E-state index is -0.289. The highest BCUT2D eigenvalue weighted by molar-refractivity contribution is 7.99. The van der Waals surface area contributed by atoms with E-state index in [1.54, 1.807) is 24.3 Å². The van der Waals surface area contributed by atoms with Gasteiger partial charge in [0.25, 0.3) is 5.91 Å². The zero-order valence-corrected chi connectivity index (χ0v) is 20.8. The molecule has 0 radical (unpaired) electrons. The monoisotopic (exact) mass is 495 g/mol. The summed E-state index contributed by atoms with van der Waals surface area (Å²) in [7, 11) is 3.05. The van der Waals surface area contributed by atoms with Gasteiger partial charge in [-0.25, -0.2) is 0 Å². The molecule has 35 heavy (non-hydrogen) atoms. The number of ether oxygens (including phenoxy) is 2. The number of rotatable bonds is 12. The molecule has 2 amide bonds. The van der Waals surface area contributed by atoms with Crippen LogP contribution in [0, 0.1) is 0 Å². The van der Waals surface area contributed by atoms with Crippen molar-refractivity contribution in [3.05, 3.63) is 78.1 Å². The van der Waals surface area contributed by atoms with E-state index in [2.05, 4.69) is 27.4 Å². The molecule has 3 rings (SSSR count). The van der Waals surface area contributed by atoms with Gasteiger partial charge in [0.2, 0.25) is 5.91 Å². The fraction of sp³-hybridized carbons (Fsp3) is 0.280. The summed E-state index contributed by atoms with van der Waals surface area (Å²) in [6.07, 6.45) is 1.71. The number of nitrogens with one attached hydrogen (secondary N) is 2. The summed E-state index contributed by atoms with van der Waals surface area (Å²) >= 11 is 1.28. The Hall–Kier alpha value is -3.79. The Morgan fingerprint density at radius 1 is 1.11 bits per heavy atom. The molecular weight excluding hydrogens is 466 g/mol. The van der Waals surface area contributed by atoms with E-state index in [0.717, 1.165) is 5.56 Å². The molecule has 2 N–H and O–H groups in total. The fourth-order valence-corrected chi connectivity index (χ4v) is 4.12. The predicted octanol–water partition coefficient (Wildman–Crippen LogP) is 3.38. The minimum absolute atomic E-state index is 0.0994. The SMILES string of the molecule is C=CCn1c(CNC(=O)c2ccc(OC)c(OC)c2)nnc1SCC(=O)NC(C)c1ccccc1. The van der Waals surface area contributed by atoms with Crippen molar-refractivity contribution in [2.75, 3.05) is 20.0 Å². The number of carbonyl (C=O) groups is 2. The van der Waals surface area contributed by atoms with Gasteiger partial charge in [0.05, 0.1) is 32.6 Å². The smallest absolute Gasteiger partial charge is 0.251 e. The van der Waals surface area contributed by atoms with Gasteiger partial charge in [0, 0.05) is 12.1 Å². The lowest BCUT2D eigenvalue weighted by Gasteiger charge is -2.14. The number of allylic oxidation sites excluding steroid dienone is 1. The van der Waals surface area contributed by atoms with Crippen molar-refractivity contribution in [1.29, 1.82) is 0 Å². The Morgan fingerprint density at radius 2 is 1.86 bits per heavy atom. The third-order valence-electron chi connectivity index (χ3n) is 5.17. The number of carbonyl (C=O) groups excluding carboxylic acids is 2. The summed E-state index contributed by atoms with van der Waals surface area (Å²) in [5.74, 6) is 1.35. The van der Waals surface area contributed by atoms with Gasteiger partial charge < -0.3 is 24.7 Å². The molecule has 1 atom stereocenters. The first-order chi connectivity index (χ1) is 17.0. The van der Waals surface area contributed by atoms with Gasteiger partial charge in [-0.1, -0.05) is 48.2 Å². The highest BCUT2D eigenvalue weighted by Gasteiger charge is 2.17. The normalized spacial score (nSPS) is 11.4. The van der Waals surface area contributed by atoms with E-state index in [9.17, 15) is 9.59 Å². The van der Waals surface area contributed by atoms with E-state index < -0.39 is 0 Å². The van der Waals surface area contributed by atoms with Crippen molar-refractivity contribution < 1.29 is 19.1 Å². The van der Waals surface area contributed by atoms with Crippen LogP contribution in [0.2, 0.25) is 0 Å². The number of thioether (sulfide) groups is 1. The predicted molar refractivity (Wildman–Crippen MR) is 135 cm³/mol. The molecular formula is C25H29N5O4S. The summed E-state index contributed by atoms with van der Waals surface area (Å²) in [6.45, 7) is 6.33. The van der Waals surface area contributed by atoms with Crippen molar-refractivity contribution >= 4 is 23.6 Å². The van der Waals surface area contributed by atoms with Crippen LogP contribution in [0.1, 0.15) is 34.7 Å². The van der Waals surface area contributed by atoms with Crippen molar-refractivity contribution in [3.63, 3.8) is 0 Å². The lowest BCUT2D eigenvalue weighted by Crippen LogP contribution is -2.28. The van der Waals surface area contributed by atoms with Crippen molar-refractivity contribution in [2.24, 2.45) is 0 Å². The zero-order valence-electron chi connectivity index (χ0n) is 20.0. The van der Waals surface area contributed by atoms with E-state index >= 15 is 0 Å². The van der Waals surface area contributed by atoms with Crippen molar-refractivity contribution in [3.8, 4) is 11.5 Å². The second-order valence-corrected chi connectivity index (χ2v) is 8.48. The number of nitrogens with zero attached hydrogens (tertiary/aromatic N) is 3. The summed E-state index contributed by atoms with van der Waals surface area (Å²) in [5.41, 5.74) is 1.46.